The molecule has 3 heteroatoms. The van der Waals surface area contributed by atoms with Crippen LogP contribution in [0.5, 0.6) is 0 Å². The van der Waals surface area contributed by atoms with Gasteiger partial charge in [0.1, 0.15) is 0 Å². The van der Waals surface area contributed by atoms with E-state index < -0.39 is 8.07 Å². The Morgan fingerprint density at radius 1 is 1.05 bits per heavy atom. The lowest BCUT2D eigenvalue weighted by molar-refractivity contribution is -0.0690. The van der Waals surface area contributed by atoms with Gasteiger partial charge in [0.2, 0.25) is 0 Å². The zero-order valence-electron chi connectivity index (χ0n) is 14.8. The first-order chi connectivity index (χ1) is 10.3. The summed E-state index contributed by atoms with van der Waals surface area (Å²) in [6, 6.07) is 9.55. The molecule has 122 valence electrons. The van der Waals surface area contributed by atoms with Crippen LogP contribution in [-0.4, -0.2) is 44.8 Å². The van der Waals surface area contributed by atoms with Crippen LogP contribution >= 0.6 is 0 Å². The molecule has 1 saturated heterocycles. The van der Waals surface area contributed by atoms with Gasteiger partial charge in [0, 0.05) is 19.6 Å². The Morgan fingerprint density at radius 2 is 1.64 bits per heavy atom. The van der Waals surface area contributed by atoms with Crippen LogP contribution in [0.2, 0.25) is 19.6 Å². The quantitative estimate of drug-likeness (QED) is 0.789. The van der Waals surface area contributed by atoms with E-state index in [4.69, 9.17) is 4.74 Å². The highest BCUT2D eigenvalue weighted by molar-refractivity contribution is 6.88. The molecule has 1 saturated carbocycles. The molecule has 1 aromatic carbocycles. The number of benzene rings is 1. The second-order valence-corrected chi connectivity index (χ2v) is 13.5. The van der Waals surface area contributed by atoms with Crippen molar-refractivity contribution in [3.63, 3.8) is 0 Å². The lowest BCUT2D eigenvalue weighted by atomic mass is 10.1. The van der Waals surface area contributed by atoms with Crippen molar-refractivity contribution in [2.24, 2.45) is 5.92 Å². The molecule has 0 spiro atoms. The second-order valence-electron chi connectivity index (χ2n) is 8.45. The Morgan fingerprint density at radius 3 is 2.18 bits per heavy atom. The fourth-order valence-electron chi connectivity index (χ4n) is 3.85. The van der Waals surface area contributed by atoms with Crippen molar-refractivity contribution < 1.29 is 4.74 Å². The molecule has 1 aliphatic heterocycles. The molecule has 1 aliphatic carbocycles. The second kappa shape index (κ2) is 6.10. The monoisotopic (exact) mass is 317 g/mol. The van der Waals surface area contributed by atoms with E-state index in [1.54, 1.807) is 10.8 Å². The summed E-state index contributed by atoms with van der Waals surface area (Å²) >= 11 is 0. The summed E-state index contributed by atoms with van der Waals surface area (Å²) < 4.78 is 5.84. The van der Waals surface area contributed by atoms with E-state index in [2.05, 4.69) is 62.7 Å². The molecule has 2 fully saturated rings. The molecule has 0 aromatic heterocycles. The minimum absolute atomic E-state index is 0.386. The van der Waals surface area contributed by atoms with E-state index in [-0.39, 0.29) is 0 Å². The maximum absolute atomic E-state index is 5.84. The summed E-state index contributed by atoms with van der Waals surface area (Å²) in [5, 5.41) is 1.57. The van der Waals surface area contributed by atoms with Gasteiger partial charge in [-0.25, -0.2) is 0 Å². The number of nitrogens with zero attached hydrogens (tertiary/aromatic N) is 1. The van der Waals surface area contributed by atoms with E-state index in [9.17, 15) is 0 Å². The molecule has 1 heterocycles. The summed E-state index contributed by atoms with van der Waals surface area (Å²) in [5.74, 6) is 1.65. The van der Waals surface area contributed by atoms with Crippen LogP contribution in [0.1, 0.15) is 31.7 Å². The van der Waals surface area contributed by atoms with E-state index in [0.29, 0.717) is 12.2 Å². The maximum Gasteiger partial charge on any atom is 0.0775 e. The maximum atomic E-state index is 5.84. The third kappa shape index (κ3) is 3.81. The predicted octanol–water partition coefficient (Wildman–Crippen LogP) is 3.44. The van der Waals surface area contributed by atoms with Crippen molar-refractivity contribution in [3.8, 4) is 0 Å². The average molecular weight is 318 g/mol. The molecule has 2 aliphatic rings. The number of ether oxygens (including phenoxy) is 1. The Balaban J connectivity index is 1.56. The molecule has 22 heavy (non-hydrogen) atoms. The highest BCUT2D eigenvalue weighted by atomic mass is 28.3. The summed E-state index contributed by atoms with van der Waals surface area (Å²) in [5.41, 5.74) is 1.56. The van der Waals surface area contributed by atoms with Gasteiger partial charge in [-0.2, -0.15) is 0 Å². The molecule has 1 aromatic rings. The van der Waals surface area contributed by atoms with Crippen LogP contribution in [0.4, 0.5) is 0 Å². The number of hydrogen-bond donors (Lipinski definition) is 0. The van der Waals surface area contributed by atoms with Gasteiger partial charge in [0.25, 0.3) is 0 Å². The van der Waals surface area contributed by atoms with Crippen molar-refractivity contribution in [2.75, 3.05) is 19.6 Å². The number of hydrogen-bond acceptors (Lipinski definition) is 2. The Bertz CT molecular complexity index is 497. The highest BCUT2D eigenvalue weighted by Gasteiger charge is 2.40. The van der Waals surface area contributed by atoms with Crippen molar-refractivity contribution in [1.82, 2.24) is 4.90 Å². The Labute approximate surface area is 136 Å². The van der Waals surface area contributed by atoms with Gasteiger partial charge < -0.3 is 4.74 Å². The predicted molar refractivity (Wildman–Crippen MR) is 96.7 cm³/mol. The summed E-state index contributed by atoms with van der Waals surface area (Å²) in [4.78, 5) is 2.61. The number of rotatable bonds is 4. The highest BCUT2D eigenvalue weighted by Crippen LogP contribution is 2.47. The molecular formula is C19H31NOSi. The van der Waals surface area contributed by atoms with E-state index >= 15 is 0 Å². The Kier molecular flexibility index (Phi) is 4.50. The summed E-state index contributed by atoms with van der Waals surface area (Å²) in [6.45, 7) is 15.1. The normalized spacial score (nSPS) is 33.0. The molecule has 0 amide bonds. The van der Waals surface area contributed by atoms with Gasteiger partial charge in [-0.15, -0.1) is 0 Å². The van der Waals surface area contributed by atoms with Crippen LogP contribution in [0.3, 0.4) is 0 Å². The number of morpholine rings is 1. The third-order valence-corrected chi connectivity index (χ3v) is 7.18. The first kappa shape index (κ1) is 16.2. The largest absolute Gasteiger partial charge is 0.373 e. The van der Waals surface area contributed by atoms with E-state index in [1.807, 2.05) is 0 Å². The molecule has 4 atom stereocenters. The van der Waals surface area contributed by atoms with Crippen LogP contribution < -0.4 is 5.19 Å². The summed E-state index contributed by atoms with van der Waals surface area (Å²) in [6.07, 6.45) is 2.14. The molecule has 3 rings (SSSR count). The minimum Gasteiger partial charge on any atom is -0.373 e. The topological polar surface area (TPSA) is 12.5 Å². The van der Waals surface area contributed by atoms with Crippen molar-refractivity contribution >= 4 is 13.3 Å². The zero-order chi connectivity index (χ0) is 15.9. The standard InChI is InChI=1S/C19H31NOSi/c1-14-11-20(12-15(2)21-14)13-17-10-19(17)16-6-8-18(9-7-16)22(3,4)5/h6-9,14-15,17,19H,10-13H2,1-5H3/t14-,15+,17-,19-/m0/s1. The van der Waals surface area contributed by atoms with Gasteiger partial charge in [0.05, 0.1) is 20.3 Å². The minimum atomic E-state index is -1.16. The smallest absolute Gasteiger partial charge is 0.0775 e. The fraction of sp³-hybridized carbons (Fsp3) is 0.684. The van der Waals surface area contributed by atoms with Gasteiger partial charge in [-0.3, -0.25) is 4.90 Å². The van der Waals surface area contributed by atoms with Gasteiger partial charge in [0.15, 0.2) is 0 Å². The van der Waals surface area contributed by atoms with Gasteiger partial charge in [-0.1, -0.05) is 49.1 Å². The first-order valence-corrected chi connectivity index (χ1v) is 12.3. The van der Waals surface area contributed by atoms with Crippen LogP contribution in [-0.2, 0) is 4.74 Å². The Hall–Kier alpha value is -0.643. The zero-order valence-corrected chi connectivity index (χ0v) is 15.8. The third-order valence-electron chi connectivity index (χ3n) is 5.12. The van der Waals surface area contributed by atoms with Crippen LogP contribution in [0.15, 0.2) is 24.3 Å². The van der Waals surface area contributed by atoms with Crippen molar-refractivity contribution in [1.29, 1.82) is 0 Å². The van der Waals surface area contributed by atoms with Crippen molar-refractivity contribution in [3.05, 3.63) is 29.8 Å². The molecule has 0 radical (unpaired) electrons. The average Bonchev–Trinajstić information content (AvgIpc) is 3.16. The van der Waals surface area contributed by atoms with Crippen molar-refractivity contribution in [2.45, 2.75) is 58.0 Å². The molecule has 2 nitrogen and oxygen atoms in total. The molecular weight excluding hydrogens is 286 g/mol. The lowest BCUT2D eigenvalue weighted by Crippen LogP contribution is -2.46. The molecule has 0 unspecified atom stereocenters. The lowest BCUT2D eigenvalue weighted by Gasteiger charge is -2.35. The van der Waals surface area contributed by atoms with E-state index in [0.717, 1.165) is 24.9 Å². The molecule has 0 bridgehead atoms. The SMILES string of the molecule is C[C@@H]1CN(C[C@@H]2C[C@H]2c2ccc([Si](C)(C)C)cc2)C[C@H](C)O1. The first-order valence-electron chi connectivity index (χ1n) is 8.81. The summed E-state index contributed by atoms with van der Waals surface area (Å²) in [7, 11) is -1.16. The fourth-order valence-corrected chi connectivity index (χ4v) is 5.02. The van der Waals surface area contributed by atoms with Gasteiger partial charge >= 0.3 is 0 Å². The van der Waals surface area contributed by atoms with Gasteiger partial charge in [-0.05, 0) is 37.7 Å². The molecule has 0 N–H and O–H groups in total. The van der Waals surface area contributed by atoms with Crippen LogP contribution in [0, 0.1) is 5.92 Å². The van der Waals surface area contributed by atoms with Crippen LogP contribution in [0.25, 0.3) is 0 Å². The van der Waals surface area contributed by atoms with E-state index in [1.165, 1.54) is 13.0 Å².